The number of nitrogens with one attached hydrogen (secondary N) is 1. The molecular formula is C8H16N4O2. The van der Waals surface area contributed by atoms with Crippen molar-refractivity contribution in [2.75, 3.05) is 13.2 Å². The first-order valence-corrected chi connectivity index (χ1v) is 4.60. The summed E-state index contributed by atoms with van der Waals surface area (Å²) in [5.41, 5.74) is 0.804. The van der Waals surface area contributed by atoms with Crippen LogP contribution in [0.3, 0.4) is 0 Å². The van der Waals surface area contributed by atoms with Gasteiger partial charge in [0.1, 0.15) is 0 Å². The normalized spacial score (nSPS) is 13.1. The van der Waals surface area contributed by atoms with Crippen molar-refractivity contribution < 1.29 is 10.2 Å². The van der Waals surface area contributed by atoms with E-state index < -0.39 is 0 Å². The van der Waals surface area contributed by atoms with Crippen molar-refractivity contribution in [3.63, 3.8) is 0 Å². The second-order valence-electron chi connectivity index (χ2n) is 3.16. The third kappa shape index (κ3) is 3.41. The number of hydrogen-bond donors (Lipinski definition) is 3. The molecule has 6 heteroatoms. The van der Waals surface area contributed by atoms with Crippen LogP contribution in [0.2, 0.25) is 0 Å². The summed E-state index contributed by atoms with van der Waals surface area (Å²) in [5.74, 6) is 0. The molecule has 1 heterocycles. The summed E-state index contributed by atoms with van der Waals surface area (Å²) in [6.45, 7) is 3.09. The molecule has 0 aromatic carbocycles. The maximum Gasteiger partial charge on any atom is 0.0964 e. The van der Waals surface area contributed by atoms with Gasteiger partial charge in [-0.05, 0) is 6.92 Å². The molecule has 1 rings (SSSR count). The molecule has 1 aromatic heterocycles. The lowest BCUT2D eigenvalue weighted by Gasteiger charge is -2.07. The van der Waals surface area contributed by atoms with Gasteiger partial charge in [-0.2, -0.15) is 0 Å². The Morgan fingerprint density at radius 2 is 2.36 bits per heavy atom. The van der Waals surface area contributed by atoms with Gasteiger partial charge < -0.3 is 15.5 Å². The van der Waals surface area contributed by atoms with Crippen LogP contribution in [0.15, 0.2) is 6.20 Å². The maximum atomic E-state index is 8.77. The minimum atomic E-state index is 0.0537. The van der Waals surface area contributed by atoms with Crippen LogP contribution in [-0.4, -0.2) is 44.5 Å². The molecule has 0 saturated heterocycles. The number of aromatic nitrogens is 3. The summed E-state index contributed by atoms with van der Waals surface area (Å²) in [4.78, 5) is 0. The van der Waals surface area contributed by atoms with E-state index in [-0.39, 0.29) is 19.3 Å². The Hall–Kier alpha value is -0.980. The minimum Gasteiger partial charge on any atom is -0.395 e. The number of nitrogens with zero attached hydrogens (tertiary/aromatic N) is 3. The Kier molecular flexibility index (Phi) is 4.51. The second-order valence-corrected chi connectivity index (χ2v) is 3.16. The fraction of sp³-hybridized carbons (Fsp3) is 0.750. The van der Waals surface area contributed by atoms with Crippen LogP contribution in [-0.2, 0) is 13.1 Å². The van der Waals surface area contributed by atoms with Gasteiger partial charge in [-0.15, -0.1) is 5.10 Å². The number of rotatable bonds is 6. The highest BCUT2D eigenvalue weighted by molar-refractivity contribution is 4.91. The van der Waals surface area contributed by atoms with Crippen molar-refractivity contribution in [2.24, 2.45) is 0 Å². The van der Waals surface area contributed by atoms with Crippen LogP contribution >= 0.6 is 0 Å². The van der Waals surface area contributed by atoms with Gasteiger partial charge in [0.15, 0.2) is 0 Å². The van der Waals surface area contributed by atoms with Gasteiger partial charge >= 0.3 is 0 Å². The second kappa shape index (κ2) is 5.69. The molecule has 0 aliphatic rings. The lowest BCUT2D eigenvalue weighted by molar-refractivity contribution is 0.250. The quantitative estimate of drug-likeness (QED) is 0.534. The standard InChI is InChI=1S/C8H16N4O2/c1-7(6-14)9-4-8-5-12(2-3-13)11-10-8/h5,7,9,13-14H,2-4,6H2,1H3/t7-/m1/s1. The largest absolute Gasteiger partial charge is 0.395 e. The van der Waals surface area contributed by atoms with Crippen molar-refractivity contribution in [1.29, 1.82) is 0 Å². The molecule has 0 bridgehead atoms. The summed E-state index contributed by atoms with van der Waals surface area (Å²) < 4.78 is 1.58. The average Bonchev–Trinajstić information content (AvgIpc) is 2.63. The molecule has 3 N–H and O–H groups in total. The molecule has 0 amide bonds. The van der Waals surface area contributed by atoms with Gasteiger partial charge in [0.05, 0.1) is 25.5 Å². The highest BCUT2D eigenvalue weighted by atomic mass is 16.3. The smallest absolute Gasteiger partial charge is 0.0964 e. The van der Waals surface area contributed by atoms with Crippen LogP contribution < -0.4 is 5.32 Å². The van der Waals surface area contributed by atoms with Gasteiger partial charge in [0.25, 0.3) is 0 Å². The Bertz CT molecular complexity index is 264. The Morgan fingerprint density at radius 3 is 3.00 bits per heavy atom. The van der Waals surface area contributed by atoms with Crippen LogP contribution in [0.25, 0.3) is 0 Å². The zero-order chi connectivity index (χ0) is 10.4. The summed E-state index contributed by atoms with van der Waals surface area (Å²) in [6.07, 6.45) is 1.77. The molecule has 14 heavy (non-hydrogen) atoms. The summed E-state index contributed by atoms with van der Waals surface area (Å²) in [5, 5.41) is 28.2. The molecule has 0 aliphatic heterocycles. The molecule has 0 unspecified atom stereocenters. The van der Waals surface area contributed by atoms with Gasteiger partial charge in [-0.3, -0.25) is 0 Å². The van der Waals surface area contributed by atoms with E-state index in [0.717, 1.165) is 5.69 Å². The molecular weight excluding hydrogens is 184 g/mol. The Labute approximate surface area is 82.6 Å². The van der Waals surface area contributed by atoms with Crippen LogP contribution in [0.5, 0.6) is 0 Å². The van der Waals surface area contributed by atoms with E-state index in [1.165, 1.54) is 0 Å². The molecule has 0 saturated carbocycles. The molecule has 0 spiro atoms. The van der Waals surface area contributed by atoms with Crippen molar-refractivity contribution >= 4 is 0 Å². The van der Waals surface area contributed by atoms with Crippen LogP contribution in [0.1, 0.15) is 12.6 Å². The van der Waals surface area contributed by atoms with Gasteiger partial charge in [-0.1, -0.05) is 5.21 Å². The Balaban J connectivity index is 2.35. The highest BCUT2D eigenvalue weighted by Gasteiger charge is 2.02. The third-order valence-electron chi connectivity index (χ3n) is 1.82. The van der Waals surface area contributed by atoms with E-state index >= 15 is 0 Å². The van der Waals surface area contributed by atoms with E-state index in [4.69, 9.17) is 10.2 Å². The molecule has 1 atom stereocenters. The van der Waals surface area contributed by atoms with Crippen molar-refractivity contribution in [1.82, 2.24) is 20.3 Å². The molecule has 0 aliphatic carbocycles. The van der Waals surface area contributed by atoms with E-state index in [9.17, 15) is 0 Å². The van der Waals surface area contributed by atoms with Crippen molar-refractivity contribution in [3.05, 3.63) is 11.9 Å². The fourth-order valence-corrected chi connectivity index (χ4v) is 0.975. The van der Waals surface area contributed by atoms with Gasteiger partial charge in [0.2, 0.25) is 0 Å². The topological polar surface area (TPSA) is 83.2 Å². The van der Waals surface area contributed by atoms with E-state index in [0.29, 0.717) is 13.1 Å². The third-order valence-corrected chi connectivity index (χ3v) is 1.82. The lowest BCUT2D eigenvalue weighted by Crippen LogP contribution is -2.28. The zero-order valence-corrected chi connectivity index (χ0v) is 8.22. The first-order valence-electron chi connectivity index (χ1n) is 4.60. The zero-order valence-electron chi connectivity index (χ0n) is 8.22. The Morgan fingerprint density at radius 1 is 1.57 bits per heavy atom. The summed E-state index contributed by atoms with van der Waals surface area (Å²) in [7, 11) is 0. The number of aliphatic hydroxyl groups excluding tert-OH is 2. The predicted molar refractivity (Wildman–Crippen MR) is 50.5 cm³/mol. The fourth-order valence-electron chi connectivity index (χ4n) is 0.975. The van der Waals surface area contributed by atoms with Crippen molar-refractivity contribution in [2.45, 2.75) is 26.1 Å². The monoisotopic (exact) mass is 200 g/mol. The molecule has 1 aromatic rings. The summed E-state index contributed by atoms with van der Waals surface area (Å²) in [6, 6.07) is 0.0537. The predicted octanol–water partition coefficient (Wildman–Crippen LogP) is -1.26. The number of hydrogen-bond acceptors (Lipinski definition) is 5. The van der Waals surface area contributed by atoms with Gasteiger partial charge in [0, 0.05) is 18.8 Å². The van der Waals surface area contributed by atoms with Gasteiger partial charge in [-0.25, -0.2) is 4.68 Å². The lowest BCUT2D eigenvalue weighted by atomic mass is 10.3. The molecule has 6 nitrogen and oxygen atoms in total. The summed E-state index contributed by atoms with van der Waals surface area (Å²) >= 11 is 0. The SMILES string of the molecule is C[C@H](CO)NCc1cn(CCO)nn1. The molecule has 80 valence electrons. The average molecular weight is 200 g/mol. The molecule has 0 radical (unpaired) electrons. The van der Waals surface area contributed by atoms with Crippen LogP contribution in [0, 0.1) is 0 Å². The first-order chi connectivity index (χ1) is 6.76. The van der Waals surface area contributed by atoms with Crippen molar-refractivity contribution in [3.8, 4) is 0 Å². The first kappa shape index (κ1) is 11.1. The van der Waals surface area contributed by atoms with Crippen LogP contribution in [0.4, 0.5) is 0 Å². The highest BCUT2D eigenvalue weighted by Crippen LogP contribution is 1.93. The van der Waals surface area contributed by atoms with E-state index in [1.807, 2.05) is 6.92 Å². The number of aliphatic hydroxyl groups is 2. The van der Waals surface area contributed by atoms with E-state index in [1.54, 1.807) is 10.9 Å². The minimum absolute atomic E-state index is 0.0537. The molecule has 0 fully saturated rings. The maximum absolute atomic E-state index is 8.77. The van der Waals surface area contributed by atoms with E-state index in [2.05, 4.69) is 15.6 Å².